The molecule has 0 amide bonds. The molecule has 1 aromatic carbocycles. The van der Waals surface area contributed by atoms with Gasteiger partial charge in [0.25, 0.3) is 11.1 Å². The summed E-state index contributed by atoms with van der Waals surface area (Å²) in [5.74, 6) is -0.386. The number of hydrogen-bond donors (Lipinski definition) is 1. The summed E-state index contributed by atoms with van der Waals surface area (Å²) >= 11 is 0. The maximum atomic E-state index is 14.2. The lowest BCUT2D eigenvalue weighted by Crippen LogP contribution is -2.25. The van der Waals surface area contributed by atoms with Gasteiger partial charge < -0.3 is 9.72 Å². The Labute approximate surface area is 123 Å². The average molecular weight is 301 g/mol. The average Bonchev–Trinajstić information content (AvgIpc) is 2.50. The Morgan fingerprint density at radius 1 is 1.32 bits per heavy atom. The quantitative estimate of drug-likeness (QED) is 0.778. The van der Waals surface area contributed by atoms with E-state index in [-0.39, 0.29) is 22.3 Å². The van der Waals surface area contributed by atoms with Crippen molar-refractivity contribution in [2.75, 3.05) is 7.11 Å². The molecule has 6 nitrogen and oxygen atoms in total. The minimum atomic E-state index is -0.603. The van der Waals surface area contributed by atoms with Crippen LogP contribution in [0.15, 0.2) is 40.2 Å². The SMILES string of the molecule is COc1cccc(F)c1-n1c(C)cc2c(=O)[nH]cnc2c1=O. The molecule has 0 aliphatic carbocycles. The third-order valence-corrected chi connectivity index (χ3v) is 3.39. The number of pyridine rings is 1. The van der Waals surface area contributed by atoms with Crippen LogP contribution in [0.4, 0.5) is 4.39 Å². The van der Waals surface area contributed by atoms with E-state index in [4.69, 9.17) is 4.74 Å². The van der Waals surface area contributed by atoms with E-state index in [1.807, 2.05) is 0 Å². The highest BCUT2D eigenvalue weighted by Gasteiger charge is 2.18. The van der Waals surface area contributed by atoms with Gasteiger partial charge in [-0.05, 0) is 25.1 Å². The van der Waals surface area contributed by atoms with Crippen LogP contribution in [0.2, 0.25) is 0 Å². The minimum absolute atomic E-state index is 0.00326. The molecule has 0 fully saturated rings. The molecule has 3 aromatic rings. The van der Waals surface area contributed by atoms with Gasteiger partial charge in [0.15, 0.2) is 5.82 Å². The second-order valence-electron chi connectivity index (χ2n) is 4.71. The van der Waals surface area contributed by atoms with Crippen molar-refractivity contribution in [2.45, 2.75) is 6.92 Å². The van der Waals surface area contributed by atoms with Gasteiger partial charge >= 0.3 is 0 Å². The summed E-state index contributed by atoms with van der Waals surface area (Å²) < 4.78 is 20.5. The van der Waals surface area contributed by atoms with Crippen molar-refractivity contribution >= 4 is 10.9 Å². The molecule has 2 heterocycles. The largest absolute Gasteiger partial charge is 0.494 e. The molecule has 0 atom stereocenters. The van der Waals surface area contributed by atoms with Crippen LogP contribution in [-0.2, 0) is 0 Å². The topological polar surface area (TPSA) is 77.0 Å². The van der Waals surface area contributed by atoms with Gasteiger partial charge in [-0.25, -0.2) is 9.37 Å². The Hall–Kier alpha value is -2.96. The van der Waals surface area contributed by atoms with Crippen LogP contribution in [0.3, 0.4) is 0 Å². The van der Waals surface area contributed by atoms with Crippen LogP contribution in [0.1, 0.15) is 5.69 Å². The number of aromatic amines is 1. The van der Waals surface area contributed by atoms with Gasteiger partial charge in [-0.3, -0.25) is 14.2 Å². The summed E-state index contributed by atoms with van der Waals surface area (Å²) in [6.45, 7) is 1.61. The predicted molar refractivity (Wildman–Crippen MR) is 79.2 cm³/mol. The molecule has 0 unspecified atom stereocenters. The zero-order valence-corrected chi connectivity index (χ0v) is 11.9. The number of nitrogens with one attached hydrogen (secondary N) is 1. The van der Waals surface area contributed by atoms with E-state index in [0.29, 0.717) is 5.69 Å². The van der Waals surface area contributed by atoms with Crippen LogP contribution >= 0.6 is 0 Å². The van der Waals surface area contributed by atoms with E-state index < -0.39 is 16.9 Å². The van der Waals surface area contributed by atoms with E-state index in [1.54, 1.807) is 13.0 Å². The second kappa shape index (κ2) is 5.10. The molecule has 1 N–H and O–H groups in total. The third-order valence-electron chi connectivity index (χ3n) is 3.39. The van der Waals surface area contributed by atoms with Gasteiger partial charge in [0.1, 0.15) is 17.0 Å². The first-order chi connectivity index (χ1) is 10.5. The lowest BCUT2D eigenvalue weighted by Gasteiger charge is -2.15. The molecule has 0 bridgehead atoms. The Morgan fingerprint density at radius 2 is 2.09 bits per heavy atom. The highest BCUT2D eigenvalue weighted by atomic mass is 19.1. The lowest BCUT2D eigenvalue weighted by molar-refractivity contribution is 0.408. The maximum Gasteiger partial charge on any atom is 0.282 e. The molecular weight excluding hydrogens is 289 g/mol. The number of aromatic nitrogens is 3. The van der Waals surface area contributed by atoms with E-state index in [9.17, 15) is 14.0 Å². The molecule has 7 heteroatoms. The van der Waals surface area contributed by atoms with Crippen LogP contribution in [0.5, 0.6) is 5.75 Å². The first-order valence-corrected chi connectivity index (χ1v) is 6.47. The molecule has 0 spiro atoms. The molecule has 0 saturated heterocycles. The number of methoxy groups -OCH3 is 1. The molecule has 0 aliphatic rings. The van der Waals surface area contributed by atoms with E-state index in [0.717, 1.165) is 10.9 Å². The van der Waals surface area contributed by atoms with Gasteiger partial charge in [-0.15, -0.1) is 0 Å². The Kier molecular flexibility index (Phi) is 3.25. The Balaban J connectivity index is 2.49. The Morgan fingerprint density at radius 3 is 2.82 bits per heavy atom. The molecule has 2 aromatic heterocycles. The summed E-state index contributed by atoms with van der Waals surface area (Å²) in [5.41, 5.74) is -0.627. The van der Waals surface area contributed by atoms with Crippen molar-refractivity contribution in [3.63, 3.8) is 0 Å². The number of benzene rings is 1. The lowest BCUT2D eigenvalue weighted by atomic mass is 10.2. The number of halogens is 1. The van der Waals surface area contributed by atoms with E-state index >= 15 is 0 Å². The van der Waals surface area contributed by atoms with Crippen molar-refractivity contribution in [3.8, 4) is 11.4 Å². The second-order valence-corrected chi connectivity index (χ2v) is 4.71. The summed E-state index contributed by atoms with van der Waals surface area (Å²) in [4.78, 5) is 30.7. The fourth-order valence-electron chi connectivity index (χ4n) is 2.41. The van der Waals surface area contributed by atoms with Crippen LogP contribution in [0, 0.1) is 12.7 Å². The molecular formula is C15H12FN3O3. The normalized spacial score (nSPS) is 10.9. The van der Waals surface area contributed by atoms with Gasteiger partial charge in [0.05, 0.1) is 18.8 Å². The third kappa shape index (κ3) is 1.98. The summed E-state index contributed by atoms with van der Waals surface area (Å²) in [5, 5.41) is 0.163. The standard InChI is InChI=1S/C15H12FN3O3/c1-8-6-9-12(17-7-18-14(9)20)15(21)19(8)13-10(16)4-3-5-11(13)22-2/h3-7H,1-2H3,(H,17,18,20). The fraction of sp³-hybridized carbons (Fsp3) is 0.133. The number of rotatable bonds is 2. The van der Waals surface area contributed by atoms with Crippen molar-refractivity contribution in [1.29, 1.82) is 0 Å². The number of fused-ring (bicyclic) bond motifs is 1. The molecule has 3 rings (SSSR count). The van der Waals surface area contributed by atoms with Crippen molar-refractivity contribution in [3.05, 3.63) is 62.8 Å². The number of nitrogens with zero attached hydrogens (tertiary/aromatic N) is 2. The fourth-order valence-corrected chi connectivity index (χ4v) is 2.41. The first kappa shape index (κ1) is 14.0. The predicted octanol–water partition coefficient (Wildman–Crippen LogP) is 1.53. The van der Waals surface area contributed by atoms with Crippen LogP contribution in [0.25, 0.3) is 16.6 Å². The molecule has 0 radical (unpaired) electrons. The maximum absolute atomic E-state index is 14.2. The molecule has 0 saturated carbocycles. The highest BCUT2D eigenvalue weighted by Crippen LogP contribution is 2.26. The zero-order valence-electron chi connectivity index (χ0n) is 11.9. The van der Waals surface area contributed by atoms with Crippen molar-refractivity contribution < 1.29 is 9.13 Å². The number of hydrogen-bond acceptors (Lipinski definition) is 4. The summed E-state index contributed by atoms with van der Waals surface area (Å²) in [6.07, 6.45) is 1.14. The minimum Gasteiger partial charge on any atom is -0.494 e. The smallest absolute Gasteiger partial charge is 0.282 e. The number of ether oxygens (including phenoxy) is 1. The van der Waals surface area contributed by atoms with Gasteiger partial charge in [-0.1, -0.05) is 6.07 Å². The van der Waals surface area contributed by atoms with Crippen LogP contribution in [-0.4, -0.2) is 21.6 Å². The summed E-state index contributed by atoms with van der Waals surface area (Å²) in [7, 11) is 1.39. The van der Waals surface area contributed by atoms with Gasteiger partial charge in [0.2, 0.25) is 0 Å². The van der Waals surface area contributed by atoms with E-state index in [1.165, 1.54) is 25.3 Å². The van der Waals surface area contributed by atoms with Gasteiger partial charge in [-0.2, -0.15) is 0 Å². The first-order valence-electron chi connectivity index (χ1n) is 6.47. The molecule has 22 heavy (non-hydrogen) atoms. The molecule has 0 aliphatic heterocycles. The summed E-state index contributed by atoms with van der Waals surface area (Å²) in [6, 6.07) is 5.77. The highest BCUT2D eigenvalue weighted by molar-refractivity contribution is 5.77. The zero-order chi connectivity index (χ0) is 15.9. The number of H-pyrrole nitrogens is 1. The van der Waals surface area contributed by atoms with Crippen molar-refractivity contribution in [2.24, 2.45) is 0 Å². The Bertz CT molecular complexity index is 991. The monoisotopic (exact) mass is 301 g/mol. The number of para-hydroxylation sites is 1. The van der Waals surface area contributed by atoms with Gasteiger partial charge in [0, 0.05) is 5.69 Å². The van der Waals surface area contributed by atoms with E-state index in [2.05, 4.69) is 9.97 Å². The van der Waals surface area contributed by atoms with Crippen molar-refractivity contribution in [1.82, 2.24) is 14.5 Å². The molecule has 112 valence electrons. The number of aryl methyl sites for hydroxylation is 1. The van der Waals surface area contributed by atoms with Crippen LogP contribution < -0.4 is 15.9 Å².